The van der Waals surface area contributed by atoms with E-state index in [-0.39, 0.29) is 23.1 Å². The topological polar surface area (TPSA) is 94.7 Å². The Morgan fingerprint density at radius 3 is 2.69 bits per heavy atom. The highest BCUT2D eigenvalue weighted by atomic mass is 16.2. The highest BCUT2D eigenvalue weighted by molar-refractivity contribution is 5.94. The molecule has 3 aromatic heterocycles. The Morgan fingerprint density at radius 2 is 1.97 bits per heavy atom. The quantitative estimate of drug-likeness (QED) is 0.735. The molecule has 0 aliphatic heterocycles. The minimum Gasteiger partial charge on any atom is -0.349 e. The summed E-state index contributed by atoms with van der Waals surface area (Å²) in [6.07, 6.45) is 10.6. The molecule has 4 rings (SSSR count). The molecule has 29 heavy (non-hydrogen) atoms. The van der Waals surface area contributed by atoms with Crippen LogP contribution in [-0.2, 0) is 7.05 Å². The van der Waals surface area contributed by atoms with Gasteiger partial charge >= 0.3 is 0 Å². The van der Waals surface area contributed by atoms with Crippen molar-refractivity contribution in [1.82, 2.24) is 29.6 Å². The predicted octanol–water partition coefficient (Wildman–Crippen LogP) is 2.26. The number of pyridine rings is 1. The van der Waals surface area contributed by atoms with Crippen LogP contribution in [0.25, 0.3) is 11.3 Å². The summed E-state index contributed by atoms with van der Waals surface area (Å²) < 4.78 is 3.49. The lowest BCUT2D eigenvalue weighted by Gasteiger charge is -2.29. The molecule has 1 aliphatic rings. The van der Waals surface area contributed by atoms with E-state index in [9.17, 15) is 9.59 Å². The van der Waals surface area contributed by atoms with Crippen molar-refractivity contribution >= 4 is 5.91 Å². The number of hydrogen-bond acceptors (Lipinski definition) is 5. The van der Waals surface area contributed by atoms with Gasteiger partial charge in [0.15, 0.2) is 0 Å². The number of carbonyl (C=O) groups is 1. The highest BCUT2D eigenvalue weighted by Gasteiger charge is 2.25. The number of nitrogens with one attached hydrogen (secondary N) is 1. The third-order valence-electron chi connectivity index (χ3n) is 5.69. The Hall–Kier alpha value is -3.29. The highest BCUT2D eigenvalue weighted by Crippen LogP contribution is 2.29. The van der Waals surface area contributed by atoms with Crippen molar-refractivity contribution in [2.45, 2.75) is 44.7 Å². The van der Waals surface area contributed by atoms with Crippen molar-refractivity contribution in [1.29, 1.82) is 0 Å². The molecule has 3 aromatic rings. The van der Waals surface area contributed by atoms with E-state index in [1.54, 1.807) is 25.4 Å². The van der Waals surface area contributed by atoms with Crippen LogP contribution in [0.1, 0.15) is 47.8 Å². The van der Waals surface area contributed by atoms with Crippen molar-refractivity contribution in [2.75, 3.05) is 0 Å². The Bertz CT molecular complexity index is 1060. The SMILES string of the molecule is Cc1ccc(C(=O)NC2CCC(n3cc(-c4ccncn4)cn3)CC2)c(=O)n1C. The van der Waals surface area contributed by atoms with E-state index >= 15 is 0 Å². The zero-order valence-electron chi connectivity index (χ0n) is 16.6. The summed E-state index contributed by atoms with van der Waals surface area (Å²) in [5, 5.41) is 7.53. The third-order valence-corrected chi connectivity index (χ3v) is 5.69. The van der Waals surface area contributed by atoms with Gasteiger partial charge in [0.2, 0.25) is 0 Å². The molecule has 1 saturated carbocycles. The molecule has 1 aliphatic carbocycles. The smallest absolute Gasteiger partial charge is 0.263 e. The van der Waals surface area contributed by atoms with Gasteiger partial charge in [-0.2, -0.15) is 5.10 Å². The summed E-state index contributed by atoms with van der Waals surface area (Å²) in [5.74, 6) is -0.292. The fourth-order valence-electron chi connectivity index (χ4n) is 3.78. The summed E-state index contributed by atoms with van der Waals surface area (Å²) in [6, 6.07) is 5.63. The first-order valence-electron chi connectivity index (χ1n) is 9.81. The average molecular weight is 392 g/mol. The number of carbonyl (C=O) groups excluding carboxylic acids is 1. The number of nitrogens with zero attached hydrogens (tertiary/aromatic N) is 5. The third kappa shape index (κ3) is 3.96. The molecular weight excluding hydrogens is 368 g/mol. The van der Waals surface area contributed by atoms with E-state index in [4.69, 9.17) is 0 Å². The first kappa shape index (κ1) is 19.0. The number of aromatic nitrogens is 5. The van der Waals surface area contributed by atoms with E-state index in [1.165, 1.54) is 10.9 Å². The van der Waals surface area contributed by atoms with Gasteiger partial charge in [0.1, 0.15) is 11.9 Å². The number of aryl methyl sites for hydroxylation is 1. The molecule has 1 fully saturated rings. The van der Waals surface area contributed by atoms with Gasteiger partial charge in [-0.3, -0.25) is 14.3 Å². The second kappa shape index (κ2) is 7.98. The first-order chi connectivity index (χ1) is 14.0. The molecule has 8 nitrogen and oxygen atoms in total. The summed E-state index contributed by atoms with van der Waals surface area (Å²) in [6.45, 7) is 1.84. The second-order valence-electron chi connectivity index (χ2n) is 7.54. The van der Waals surface area contributed by atoms with E-state index in [2.05, 4.69) is 20.4 Å². The monoisotopic (exact) mass is 392 g/mol. The van der Waals surface area contributed by atoms with Crippen molar-refractivity contribution in [2.24, 2.45) is 7.05 Å². The van der Waals surface area contributed by atoms with Crippen LogP contribution in [0.2, 0.25) is 0 Å². The van der Waals surface area contributed by atoms with Crippen LogP contribution in [0.3, 0.4) is 0 Å². The van der Waals surface area contributed by atoms with Crippen molar-refractivity contribution in [3.63, 3.8) is 0 Å². The molecule has 0 saturated heterocycles. The fraction of sp³-hybridized carbons (Fsp3) is 0.381. The molecule has 0 atom stereocenters. The molecule has 150 valence electrons. The first-order valence-corrected chi connectivity index (χ1v) is 9.81. The summed E-state index contributed by atoms with van der Waals surface area (Å²) in [4.78, 5) is 33.1. The minimum absolute atomic E-state index is 0.0710. The number of rotatable bonds is 4. The van der Waals surface area contributed by atoms with E-state index in [1.807, 2.05) is 30.1 Å². The Labute approximate surface area is 168 Å². The van der Waals surface area contributed by atoms with Crippen molar-refractivity contribution in [3.8, 4) is 11.3 Å². The Morgan fingerprint density at radius 1 is 1.17 bits per heavy atom. The van der Waals surface area contributed by atoms with Gasteiger partial charge in [0.05, 0.1) is 17.9 Å². The van der Waals surface area contributed by atoms with Gasteiger partial charge in [-0.1, -0.05) is 0 Å². The molecule has 3 heterocycles. The normalized spacial score (nSPS) is 19.1. The summed E-state index contributed by atoms with van der Waals surface area (Å²) in [7, 11) is 1.68. The maximum Gasteiger partial charge on any atom is 0.263 e. The molecule has 1 N–H and O–H groups in total. The van der Waals surface area contributed by atoms with Crippen LogP contribution in [0.5, 0.6) is 0 Å². The lowest BCUT2D eigenvalue weighted by Crippen LogP contribution is -2.41. The molecule has 0 spiro atoms. The number of amides is 1. The van der Waals surface area contributed by atoms with Gasteiger partial charge in [0.25, 0.3) is 11.5 Å². The van der Waals surface area contributed by atoms with E-state index in [0.29, 0.717) is 6.04 Å². The van der Waals surface area contributed by atoms with Crippen LogP contribution in [0, 0.1) is 6.92 Å². The van der Waals surface area contributed by atoms with Crippen LogP contribution in [0.4, 0.5) is 0 Å². The van der Waals surface area contributed by atoms with Crippen LogP contribution in [-0.4, -0.2) is 36.3 Å². The van der Waals surface area contributed by atoms with Gasteiger partial charge in [-0.25, -0.2) is 9.97 Å². The van der Waals surface area contributed by atoms with Crippen LogP contribution < -0.4 is 10.9 Å². The van der Waals surface area contributed by atoms with Gasteiger partial charge in [0, 0.05) is 36.7 Å². The van der Waals surface area contributed by atoms with Crippen LogP contribution >= 0.6 is 0 Å². The standard InChI is InChI=1S/C21H24N6O2/c1-14-3-8-18(21(29)26(14)2)20(28)25-16-4-6-17(7-5-16)27-12-15(11-24-27)19-9-10-22-13-23-19/h3,8-13,16-17H,4-7H2,1-2H3,(H,25,28). The second-order valence-corrected chi connectivity index (χ2v) is 7.54. The van der Waals surface area contributed by atoms with Gasteiger partial charge in [-0.15, -0.1) is 0 Å². The summed E-state index contributed by atoms with van der Waals surface area (Å²) >= 11 is 0. The lowest BCUT2D eigenvalue weighted by atomic mass is 9.91. The molecule has 0 bridgehead atoms. The van der Waals surface area contributed by atoms with E-state index in [0.717, 1.165) is 42.6 Å². The van der Waals surface area contributed by atoms with Gasteiger partial charge in [-0.05, 0) is 50.8 Å². The molecule has 0 unspecified atom stereocenters. The molecule has 1 amide bonds. The van der Waals surface area contributed by atoms with E-state index < -0.39 is 0 Å². The lowest BCUT2D eigenvalue weighted by molar-refractivity contribution is 0.0919. The molecule has 8 heteroatoms. The fourth-order valence-corrected chi connectivity index (χ4v) is 3.78. The molecule has 0 aromatic carbocycles. The minimum atomic E-state index is -0.292. The summed E-state index contributed by atoms with van der Waals surface area (Å²) in [5.41, 5.74) is 2.59. The maximum absolute atomic E-state index is 12.6. The predicted molar refractivity (Wildman–Crippen MR) is 108 cm³/mol. The Kier molecular flexibility index (Phi) is 5.24. The molecule has 0 radical (unpaired) electrons. The largest absolute Gasteiger partial charge is 0.349 e. The Balaban J connectivity index is 1.37. The zero-order valence-corrected chi connectivity index (χ0v) is 16.6. The number of hydrogen-bond donors (Lipinski definition) is 1. The maximum atomic E-state index is 12.6. The van der Waals surface area contributed by atoms with Crippen LogP contribution in [0.15, 0.2) is 47.9 Å². The van der Waals surface area contributed by atoms with Gasteiger partial charge < -0.3 is 9.88 Å². The molecular formula is C21H24N6O2. The average Bonchev–Trinajstić information content (AvgIpc) is 3.23. The van der Waals surface area contributed by atoms with Crippen molar-refractivity contribution < 1.29 is 4.79 Å². The van der Waals surface area contributed by atoms with Crippen molar-refractivity contribution in [3.05, 3.63) is 64.7 Å². The zero-order chi connectivity index (χ0) is 20.4.